The molecule has 12 heteroatoms. The van der Waals surface area contributed by atoms with E-state index in [2.05, 4.69) is 11.9 Å². The van der Waals surface area contributed by atoms with Crippen LogP contribution >= 0.6 is 0 Å². The van der Waals surface area contributed by atoms with E-state index in [1.165, 1.54) is 24.3 Å². The predicted molar refractivity (Wildman–Crippen MR) is 195 cm³/mol. The average Bonchev–Trinajstić information content (AvgIpc) is 3.06. The van der Waals surface area contributed by atoms with E-state index in [1.807, 2.05) is 19.1 Å². The number of nitrogens with one attached hydrogen (secondary N) is 3. The van der Waals surface area contributed by atoms with Crippen molar-refractivity contribution < 1.29 is 37.4 Å². The Hall–Kier alpha value is -4.84. The summed E-state index contributed by atoms with van der Waals surface area (Å²) in [4.78, 5) is 36.0. The summed E-state index contributed by atoms with van der Waals surface area (Å²) in [6.07, 6.45) is 6.89. The molecule has 0 aliphatic carbocycles. The molecule has 4 N–H and O–H groups in total. The Bertz CT molecular complexity index is 1680. The van der Waals surface area contributed by atoms with Crippen LogP contribution in [0.25, 0.3) is 0 Å². The summed E-state index contributed by atoms with van der Waals surface area (Å²) in [6.45, 7) is 10.5. The van der Waals surface area contributed by atoms with Crippen LogP contribution in [0.5, 0.6) is 5.75 Å². The molecule has 0 aromatic heterocycles. The minimum atomic E-state index is -4.06. The molecule has 1 atom stereocenters. The van der Waals surface area contributed by atoms with Gasteiger partial charge in [0.15, 0.2) is 9.84 Å². The van der Waals surface area contributed by atoms with Gasteiger partial charge in [-0.05, 0) is 67.7 Å². The lowest BCUT2D eigenvalue weighted by Crippen LogP contribution is -2.30. The number of ether oxygens (including phenoxy) is 2. The van der Waals surface area contributed by atoms with Gasteiger partial charge in [0.1, 0.15) is 23.1 Å². The molecule has 0 spiro atoms. The van der Waals surface area contributed by atoms with Crippen molar-refractivity contribution in [2.45, 2.75) is 64.2 Å². The maximum Gasteiger partial charge on any atom is 0.312 e. The highest BCUT2D eigenvalue weighted by molar-refractivity contribution is 7.92. The van der Waals surface area contributed by atoms with Gasteiger partial charge in [0.25, 0.3) is 0 Å². The quantitative estimate of drug-likeness (QED) is 0.0432. The largest absolute Gasteiger partial charge is 0.497 e. The number of hydrogen-bond acceptors (Lipinski definition) is 10. The van der Waals surface area contributed by atoms with Crippen LogP contribution in [0.3, 0.4) is 0 Å². The molecule has 2 aromatic rings. The van der Waals surface area contributed by atoms with Crippen molar-refractivity contribution in [1.82, 2.24) is 5.32 Å². The third kappa shape index (κ3) is 14.3. The van der Waals surface area contributed by atoms with Gasteiger partial charge in [0.2, 0.25) is 0 Å². The number of methoxy groups -OCH3 is 1. The lowest BCUT2D eigenvalue weighted by Gasteiger charge is -2.15. The van der Waals surface area contributed by atoms with E-state index in [9.17, 15) is 27.9 Å². The van der Waals surface area contributed by atoms with Gasteiger partial charge in [-0.3, -0.25) is 14.4 Å². The normalized spacial score (nSPS) is 12.4. The molecule has 0 radical (unpaired) electrons. The molecule has 0 bridgehead atoms. The molecule has 2 aromatic carbocycles. The zero-order valence-corrected chi connectivity index (χ0v) is 30.1. The van der Waals surface area contributed by atoms with Crippen LogP contribution < -0.4 is 10.1 Å². The molecule has 270 valence electrons. The highest BCUT2D eigenvalue weighted by Crippen LogP contribution is 2.20. The highest BCUT2D eigenvalue weighted by Gasteiger charge is 2.28. The van der Waals surface area contributed by atoms with Crippen molar-refractivity contribution in [1.29, 1.82) is 10.8 Å². The fourth-order valence-corrected chi connectivity index (χ4v) is 6.11. The smallest absolute Gasteiger partial charge is 0.312 e. The summed E-state index contributed by atoms with van der Waals surface area (Å²) < 4.78 is 37.2. The lowest BCUT2D eigenvalue weighted by atomic mass is 9.95. The maximum atomic E-state index is 13.1. The van der Waals surface area contributed by atoms with Crippen molar-refractivity contribution in [3.63, 3.8) is 0 Å². The number of benzene rings is 2. The van der Waals surface area contributed by atoms with Gasteiger partial charge in [-0.25, -0.2) is 8.42 Å². The predicted octanol–water partition coefficient (Wildman–Crippen LogP) is 6.12. The molecule has 0 aliphatic rings. The number of aliphatic carboxylic acids is 1. The Balaban J connectivity index is 1.89. The molecule has 0 heterocycles. The van der Waals surface area contributed by atoms with E-state index in [1.54, 1.807) is 51.3 Å². The first-order chi connectivity index (χ1) is 23.7. The molecular formula is C38H49N3O8S. The van der Waals surface area contributed by atoms with Crippen molar-refractivity contribution in [3.05, 3.63) is 95.9 Å². The van der Waals surface area contributed by atoms with Crippen molar-refractivity contribution >= 4 is 38.8 Å². The third-order valence-corrected chi connectivity index (χ3v) is 9.39. The molecule has 0 saturated carbocycles. The number of hydrogen-bond donors (Lipinski definition) is 4. The van der Waals surface area contributed by atoms with Crippen LogP contribution in [0.15, 0.2) is 89.7 Å². The first-order valence-electron chi connectivity index (χ1n) is 16.4. The number of allylic oxidation sites excluding steroid dienone is 3. The number of ketones is 2. The summed E-state index contributed by atoms with van der Waals surface area (Å²) in [6, 6.07) is 12.2. The second-order valence-corrected chi connectivity index (χ2v) is 14.1. The molecule has 0 unspecified atom stereocenters. The van der Waals surface area contributed by atoms with Crippen LogP contribution in [0.1, 0.15) is 64.0 Å². The zero-order chi connectivity index (χ0) is 37.3. The first kappa shape index (κ1) is 41.3. The Morgan fingerprint density at radius 2 is 1.66 bits per heavy atom. The molecular weight excluding hydrogens is 658 g/mol. The lowest BCUT2D eigenvalue weighted by molar-refractivity contribution is -0.139. The monoisotopic (exact) mass is 707 g/mol. The van der Waals surface area contributed by atoms with Crippen LogP contribution in [0.4, 0.5) is 0 Å². The summed E-state index contributed by atoms with van der Waals surface area (Å²) in [5.41, 5.74) is 1.26. The van der Waals surface area contributed by atoms with Gasteiger partial charge < -0.3 is 30.7 Å². The van der Waals surface area contributed by atoms with E-state index in [-0.39, 0.29) is 47.4 Å². The third-order valence-electron chi connectivity index (χ3n) is 7.71. The van der Waals surface area contributed by atoms with Gasteiger partial charge in [-0.1, -0.05) is 50.8 Å². The number of carbonyl (C=O) groups excluding carboxylic acids is 2. The van der Waals surface area contributed by atoms with Gasteiger partial charge in [0, 0.05) is 54.9 Å². The highest BCUT2D eigenvalue weighted by atomic mass is 32.2. The number of rotatable bonds is 24. The summed E-state index contributed by atoms with van der Waals surface area (Å²) in [7, 11) is -2.47. The van der Waals surface area contributed by atoms with Crippen molar-refractivity contribution in [2.75, 3.05) is 26.0 Å². The second-order valence-electron chi connectivity index (χ2n) is 12.1. The molecule has 11 nitrogen and oxygen atoms in total. The van der Waals surface area contributed by atoms with Gasteiger partial charge in [-0.15, -0.1) is 0 Å². The van der Waals surface area contributed by atoms with Crippen LogP contribution in [0, 0.1) is 22.7 Å². The standard InChI is InChI=1S/C38H49N3O8S/c1-6-9-32(48-5)22-27(4)41-20-8-21-49-31-16-12-28(13-17-31)23-34(38(44)45)36(40)25-50(46,47)33-18-14-29(15-19-33)35(39)24-30(42)10-7-11-37(43)26(2)3/h6,9,12-19,22,26,34,39-41H,4,7-8,10-11,20-21,23-25H2,1-3,5H3,(H,44,45)/b9-6-,32-22+,39-35?,40-36?/t34-/m1/s1. The van der Waals surface area contributed by atoms with Gasteiger partial charge in [0.05, 0.1) is 30.3 Å². The fraction of sp³-hybridized carbons (Fsp3) is 0.395. The molecule has 0 saturated heterocycles. The number of carboxylic acid groups (broad SMARTS) is 1. The number of Topliss-reactive ketones (excluding diaryl/α,β-unsaturated/α-hetero) is 2. The average molecular weight is 708 g/mol. The Morgan fingerprint density at radius 1 is 1.00 bits per heavy atom. The molecule has 0 fully saturated rings. The number of carboxylic acids is 1. The SMILES string of the molecule is C=C(/C=C(\C=C/C)OC)NCCCOc1ccc(C[C@H](C(=N)CS(=O)(=O)c2ccc(C(=N)CC(=O)CCCC(=O)C(C)C)cc2)C(=O)O)cc1. The number of sulfone groups is 1. The summed E-state index contributed by atoms with van der Waals surface area (Å²) in [5, 5.41) is 29.7. The van der Waals surface area contributed by atoms with Crippen LogP contribution in [-0.2, 0) is 35.4 Å². The minimum absolute atomic E-state index is 0.0257. The topological polar surface area (TPSA) is 184 Å². The molecule has 0 aliphatic heterocycles. The van der Waals surface area contributed by atoms with Gasteiger partial charge in [-0.2, -0.15) is 0 Å². The van der Waals surface area contributed by atoms with Crippen molar-refractivity contribution in [3.8, 4) is 5.75 Å². The van der Waals surface area contributed by atoms with E-state index in [0.717, 1.165) is 0 Å². The fourth-order valence-electron chi connectivity index (χ4n) is 4.78. The van der Waals surface area contributed by atoms with Crippen molar-refractivity contribution in [2.24, 2.45) is 11.8 Å². The Kier molecular flexibility index (Phi) is 17.0. The second kappa shape index (κ2) is 20.6. The summed E-state index contributed by atoms with van der Waals surface area (Å²) in [5.74, 6) is -2.36. The van der Waals surface area contributed by atoms with E-state index in [4.69, 9.17) is 20.3 Å². The molecule has 2 rings (SSSR count). The van der Waals surface area contributed by atoms with E-state index < -0.39 is 33.2 Å². The Morgan fingerprint density at radius 3 is 2.24 bits per heavy atom. The summed E-state index contributed by atoms with van der Waals surface area (Å²) >= 11 is 0. The maximum absolute atomic E-state index is 13.1. The molecule has 0 amide bonds. The number of carbonyl (C=O) groups is 3. The molecule has 50 heavy (non-hydrogen) atoms. The zero-order valence-electron chi connectivity index (χ0n) is 29.3. The first-order valence-corrected chi connectivity index (χ1v) is 18.1. The van der Waals surface area contributed by atoms with Crippen LogP contribution in [0.2, 0.25) is 0 Å². The Labute approximate surface area is 295 Å². The minimum Gasteiger partial charge on any atom is -0.497 e. The van der Waals surface area contributed by atoms with Crippen LogP contribution in [-0.4, -0.2) is 68.5 Å². The van der Waals surface area contributed by atoms with E-state index >= 15 is 0 Å². The van der Waals surface area contributed by atoms with Gasteiger partial charge >= 0.3 is 5.97 Å². The van der Waals surface area contributed by atoms with E-state index in [0.29, 0.717) is 60.7 Å².